The molecule has 45 heavy (non-hydrogen) atoms. The molecule has 0 aromatic heterocycles. The highest BCUT2D eigenvalue weighted by Gasteiger charge is 2.27. The zero-order valence-corrected chi connectivity index (χ0v) is 27.0. The van der Waals surface area contributed by atoms with E-state index < -0.39 is 17.7 Å². The Morgan fingerprint density at radius 1 is 0.911 bits per heavy atom. The van der Waals surface area contributed by atoms with Gasteiger partial charge in [0, 0.05) is 55.6 Å². The Morgan fingerprint density at radius 3 is 2.31 bits per heavy atom. The van der Waals surface area contributed by atoms with Crippen LogP contribution in [0.25, 0.3) is 0 Å². The summed E-state index contributed by atoms with van der Waals surface area (Å²) < 4.78 is 10.5. The van der Waals surface area contributed by atoms with E-state index in [4.69, 9.17) is 9.47 Å². The summed E-state index contributed by atoms with van der Waals surface area (Å²) in [4.78, 5) is 29.2. The van der Waals surface area contributed by atoms with Gasteiger partial charge in [0.15, 0.2) is 0 Å². The van der Waals surface area contributed by atoms with Crippen molar-refractivity contribution >= 4 is 17.5 Å². The highest BCUT2D eigenvalue weighted by molar-refractivity contribution is 6.01. The predicted octanol–water partition coefficient (Wildman–Crippen LogP) is 4.29. The molecule has 0 aliphatic carbocycles. The predicted molar refractivity (Wildman–Crippen MR) is 178 cm³/mol. The molecule has 4 N–H and O–H groups in total. The summed E-state index contributed by atoms with van der Waals surface area (Å²) >= 11 is 0. The number of ether oxygens (including phenoxy) is 2. The number of hydrogen-bond donors (Lipinski definition) is 4. The van der Waals surface area contributed by atoms with Crippen LogP contribution < -0.4 is 25.6 Å². The van der Waals surface area contributed by atoms with Crippen LogP contribution in [0.5, 0.6) is 5.75 Å². The van der Waals surface area contributed by atoms with Crippen molar-refractivity contribution in [3.63, 3.8) is 0 Å². The summed E-state index contributed by atoms with van der Waals surface area (Å²) in [5.41, 5.74) is 3.19. The quantitative estimate of drug-likeness (QED) is 0.189. The van der Waals surface area contributed by atoms with Gasteiger partial charge < -0.3 is 35.4 Å². The summed E-state index contributed by atoms with van der Waals surface area (Å²) in [7, 11) is 3.22. The second-order valence-electron chi connectivity index (χ2n) is 12.1. The zero-order chi connectivity index (χ0) is 32.2. The van der Waals surface area contributed by atoms with Crippen LogP contribution in [0.15, 0.2) is 72.8 Å². The van der Waals surface area contributed by atoms with Crippen LogP contribution in [0.4, 0.5) is 5.69 Å². The van der Waals surface area contributed by atoms with E-state index in [1.165, 1.54) is 6.42 Å². The van der Waals surface area contributed by atoms with Crippen molar-refractivity contribution in [2.24, 2.45) is 0 Å². The third-order valence-corrected chi connectivity index (χ3v) is 8.38. The molecule has 242 valence electrons. The van der Waals surface area contributed by atoms with Gasteiger partial charge in [-0.15, -0.1) is 0 Å². The Morgan fingerprint density at radius 2 is 1.62 bits per heavy atom. The fraction of sp³-hybridized carbons (Fsp3) is 0.444. The standard InChI is InChI=1S/C36H48N4O5/c1-36(2,29-14-11-15-31(24-29)45-4)38-25-33(41)32(20-26-12-7-5-8-13-26)39-35(43)28-21-27(34(42)37-16-19-44-3)22-30(23-28)40-17-9-6-10-18-40/h5,7-8,11-15,21-24,32-33,38,41H,6,9-10,16-20,25H2,1-4H3,(H,37,42)(H,39,43)/t32-,33+/m0/s1. The molecule has 1 aliphatic rings. The lowest BCUT2D eigenvalue weighted by atomic mass is 9.93. The third kappa shape index (κ3) is 9.78. The maximum Gasteiger partial charge on any atom is 0.251 e. The first-order valence-electron chi connectivity index (χ1n) is 15.8. The number of piperidine rings is 1. The molecule has 1 fully saturated rings. The van der Waals surface area contributed by atoms with E-state index in [9.17, 15) is 14.7 Å². The first-order valence-corrected chi connectivity index (χ1v) is 15.8. The Labute approximate surface area is 267 Å². The van der Waals surface area contributed by atoms with Crippen molar-refractivity contribution in [2.45, 2.75) is 57.2 Å². The number of carbonyl (C=O) groups is 2. The first-order chi connectivity index (χ1) is 21.7. The van der Waals surface area contributed by atoms with Gasteiger partial charge in [0.05, 0.1) is 25.9 Å². The Bertz CT molecular complexity index is 1390. The molecule has 4 rings (SSSR count). The summed E-state index contributed by atoms with van der Waals surface area (Å²) in [6, 6.07) is 22.4. The van der Waals surface area contributed by atoms with Crippen LogP contribution in [-0.2, 0) is 16.7 Å². The summed E-state index contributed by atoms with van der Waals surface area (Å²) in [5, 5.41) is 21.0. The Balaban J connectivity index is 1.56. The Kier molecular flexibility index (Phi) is 12.4. The smallest absolute Gasteiger partial charge is 0.251 e. The number of rotatable bonds is 15. The van der Waals surface area contributed by atoms with E-state index in [0.717, 1.165) is 48.5 Å². The van der Waals surface area contributed by atoms with Gasteiger partial charge in [0.2, 0.25) is 0 Å². The van der Waals surface area contributed by atoms with Gasteiger partial charge in [-0.1, -0.05) is 42.5 Å². The van der Waals surface area contributed by atoms with Crippen molar-refractivity contribution in [3.8, 4) is 5.75 Å². The number of carbonyl (C=O) groups excluding carboxylic acids is 2. The van der Waals surface area contributed by atoms with Crippen LogP contribution in [0, 0.1) is 0 Å². The fourth-order valence-electron chi connectivity index (χ4n) is 5.60. The minimum Gasteiger partial charge on any atom is -0.497 e. The lowest BCUT2D eigenvalue weighted by Gasteiger charge is -2.32. The second kappa shape index (κ2) is 16.4. The summed E-state index contributed by atoms with van der Waals surface area (Å²) in [5.74, 6) is 0.160. The molecule has 1 heterocycles. The monoisotopic (exact) mass is 616 g/mol. The highest BCUT2D eigenvalue weighted by atomic mass is 16.5. The van der Waals surface area contributed by atoms with E-state index in [1.54, 1.807) is 20.3 Å². The largest absolute Gasteiger partial charge is 0.497 e. The number of aliphatic hydroxyl groups is 1. The van der Waals surface area contributed by atoms with Gasteiger partial charge in [0.1, 0.15) is 5.75 Å². The molecule has 0 spiro atoms. The molecule has 0 radical (unpaired) electrons. The number of anilines is 1. The number of amides is 2. The minimum absolute atomic E-state index is 0.239. The number of benzene rings is 3. The molecule has 9 nitrogen and oxygen atoms in total. The van der Waals surface area contributed by atoms with Crippen LogP contribution >= 0.6 is 0 Å². The van der Waals surface area contributed by atoms with Crippen LogP contribution in [-0.4, -0.2) is 76.1 Å². The highest BCUT2D eigenvalue weighted by Crippen LogP contribution is 2.25. The molecule has 3 aromatic rings. The topological polar surface area (TPSA) is 112 Å². The molecule has 0 saturated carbocycles. The fourth-order valence-corrected chi connectivity index (χ4v) is 5.60. The van der Waals surface area contributed by atoms with Crippen molar-refractivity contribution < 1.29 is 24.2 Å². The van der Waals surface area contributed by atoms with E-state index >= 15 is 0 Å². The lowest BCUT2D eigenvalue weighted by Crippen LogP contribution is -2.51. The zero-order valence-electron chi connectivity index (χ0n) is 27.0. The average Bonchev–Trinajstić information content (AvgIpc) is 3.07. The normalized spacial score (nSPS) is 14.8. The van der Waals surface area contributed by atoms with Crippen LogP contribution in [0.3, 0.4) is 0 Å². The van der Waals surface area contributed by atoms with Crippen LogP contribution in [0.1, 0.15) is 65.0 Å². The van der Waals surface area contributed by atoms with Gasteiger partial charge in [-0.3, -0.25) is 9.59 Å². The molecule has 9 heteroatoms. The number of aliphatic hydroxyl groups excluding tert-OH is 1. The molecule has 3 aromatic carbocycles. The number of methoxy groups -OCH3 is 2. The maximum absolute atomic E-state index is 13.9. The first kappa shape index (κ1) is 34.0. The molecule has 2 amide bonds. The van der Waals surface area contributed by atoms with E-state index in [1.807, 2.05) is 80.6 Å². The SMILES string of the molecule is COCCNC(=O)c1cc(C(=O)N[C@@H](Cc2ccccc2)[C@H](O)CNC(C)(C)c2cccc(OC)c2)cc(N2CCCCC2)c1. The minimum atomic E-state index is -0.902. The summed E-state index contributed by atoms with van der Waals surface area (Å²) in [6.45, 7) is 6.85. The summed E-state index contributed by atoms with van der Waals surface area (Å²) in [6.07, 6.45) is 2.83. The third-order valence-electron chi connectivity index (χ3n) is 8.38. The molecule has 1 saturated heterocycles. The van der Waals surface area contributed by atoms with E-state index in [0.29, 0.717) is 30.7 Å². The number of nitrogens with one attached hydrogen (secondary N) is 3. The van der Waals surface area contributed by atoms with Gasteiger partial charge >= 0.3 is 0 Å². The number of hydrogen-bond acceptors (Lipinski definition) is 7. The number of nitrogens with zero attached hydrogens (tertiary/aromatic N) is 1. The molecular weight excluding hydrogens is 568 g/mol. The molecule has 1 aliphatic heterocycles. The van der Waals surface area contributed by atoms with Crippen molar-refractivity contribution in [3.05, 3.63) is 95.1 Å². The van der Waals surface area contributed by atoms with Crippen molar-refractivity contribution in [1.82, 2.24) is 16.0 Å². The van der Waals surface area contributed by atoms with Crippen LogP contribution in [0.2, 0.25) is 0 Å². The van der Waals surface area contributed by atoms with Crippen molar-refractivity contribution in [1.29, 1.82) is 0 Å². The van der Waals surface area contributed by atoms with Gasteiger partial charge in [-0.05, 0) is 81.0 Å². The van der Waals surface area contributed by atoms with Gasteiger partial charge in [-0.2, -0.15) is 0 Å². The Hall–Kier alpha value is -3.92. The average molecular weight is 617 g/mol. The molecule has 0 bridgehead atoms. The van der Waals surface area contributed by atoms with Gasteiger partial charge in [-0.25, -0.2) is 0 Å². The maximum atomic E-state index is 13.9. The molecule has 2 atom stereocenters. The van der Waals surface area contributed by atoms with E-state index in [2.05, 4.69) is 20.9 Å². The van der Waals surface area contributed by atoms with E-state index in [-0.39, 0.29) is 18.4 Å². The molecule has 0 unspecified atom stereocenters. The second-order valence-corrected chi connectivity index (χ2v) is 12.1. The molecular formula is C36H48N4O5. The van der Waals surface area contributed by atoms with Gasteiger partial charge in [0.25, 0.3) is 11.8 Å². The van der Waals surface area contributed by atoms with Crippen molar-refractivity contribution in [2.75, 3.05) is 51.9 Å². The lowest BCUT2D eigenvalue weighted by molar-refractivity contribution is 0.0813.